The molecule has 0 spiro atoms. The number of amides is 3. The van der Waals surface area contributed by atoms with Crippen LogP contribution in [0.25, 0.3) is 0 Å². The molecule has 0 radical (unpaired) electrons. The van der Waals surface area contributed by atoms with Crippen LogP contribution in [0.15, 0.2) is 0 Å². The Bertz CT molecular complexity index is 479. The summed E-state index contributed by atoms with van der Waals surface area (Å²) in [5, 5.41) is 5.06. The van der Waals surface area contributed by atoms with Crippen molar-refractivity contribution in [3.8, 4) is 0 Å². The molecule has 4 N–H and O–H groups in total. The fourth-order valence-electron chi connectivity index (χ4n) is 2.44. The van der Waals surface area contributed by atoms with Gasteiger partial charge in [0.25, 0.3) is 0 Å². The van der Waals surface area contributed by atoms with Crippen LogP contribution < -0.4 is 16.4 Å². The van der Waals surface area contributed by atoms with Crippen LogP contribution in [-0.2, 0) is 23.9 Å². The highest BCUT2D eigenvalue weighted by Gasteiger charge is 2.30. The van der Waals surface area contributed by atoms with Gasteiger partial charge in [-0.3, -0.25) is 14.4 Å². The second kappa shape index (κ2) is 13.1. The third-order valence-electron chi connectivity index (χ3n) is 3.98. The van der Waals surface area contributed by atoms with Crippen LogP contribution in [0.4, 0.5) is 0 Å². The average Bonchev–Trinajstić information content (AvgIpc) is 2.57. The van der Waals surface area contributed by atoms with Crippen LogP contribution in [0.2, 0.25) is 0 Å². The Morgan fingerprint density at radius 2 is 1.62 bits per heavy atom. The molecular weight excluding hydrogens is 338 g/mol. The Morgan fingerprint density at radius 1 is 1.00 bits per heavy atom. The molecule has 0 aliphatic rings. The van der Waals surface area contributed by atoms with Gasteiger partial charge in [0.05, 0.1) is 13.5 Å². The van der Waals surface area contributed by atoms with Gasteiger partial charge in [-0.15, -0.1) is 0 Å². The monoisotopic (exact) mass is 371 g/mol. The van der Waals surface area contributed by atoms with Gasteiger partial charge in [-0.05, 0) is 12.3 Å². The Hall–Kier alpha value is -2.12. The number of rotatable bonds is 13. The minimum Gasteiger partial charge on any atom is -0.467 e. The number of carbonyl (C=O) groups excluding carboxylic acids is 4. The van der Waals surface area contributed by atoms with Crippen LogP contribution in [0.1, 0.15) is 65.7 Å². The van der Waals surface area contributed by atoms with Gasteiger partial charge in [0, 0.05) is 6.42 Å². The van der Waals surface area contributed by atoms with Crippen molar-refractivity contribution in [2.45, 2.75) is 77.8 Å². The van der Waals surface area contributed by atoms with Gasteiger partial charge in [0.1, 0.15) is 12.1 Å². The van der Waals surface area contributed by atoms with Crippen LogP contribution >= 0.6 is 0 Å². The van der Waals surface area contributed by atoms with E-state index in [9.17, 15) is 19.2 Å². The summed E-state index contributed by atoms with van der Waals surface area (Å²) in [5.41, 5.74) is 5.18. The van der Waals surface area contributed by atoms with Gasteiger partial charge in [0.15, 0.2) is 0 Å². The van der Waals surface area contributed by atoms with E-state index in [1.165, 1.54) is 7.11 Å². The molecule has 150 valence electrons. The molecule has 0 aromatic rings. The molecule has 3 amide bonds. The largest absolute Gasteiger partial charge is 0.467 e. The zero-order valence-electron chi connectivity index (χ0n) is 16.3. The number of ether oxygens (including phenoxy) is 1. The normalized spacial score (nSPS) is 13.0. The lowest BCUT2D eigenvalue weighted by atomic mass is 10.0. The van der Waals surface area contributed by atoms with E-state index in [1.54, 1.807) is 13.8 Å². The third-order valence-corrected chi connectivity index (χ3v) is 3.98. The lowest BCUT2D eigenvalue weighted by molar-refractivity contribution is -0.146. The topological polar surface area (TPSA) is 128 Å². The van der Waals surface area contributed by atoms with Gasteiger partial charge >= 0.3 is 5.97 Å². The quantitative estimate of drug-likeness (QED) is 0.329. The van der Waals surface area contributed by atoms with Crippen molar-refractivity contribution in [2.24, 2.45) is 11.7 Å². The molecule has 0 rings (SSSR count). The van der Waals surface area contributed by atoms with Crippen molar-refractivity contribution in [2.75, 3.05) is 7.11 Å². The van der Waals surface area contributed by atoms with E-state index in [2.05, 4.69) is 22.3 Å². The first-order valence-electron chi connectivity index (χ1n) is 9.18. The van der Waals surface area contributed by atoms with E-state index in [0.29, 0.717) is 6.42 Å². The number of hydrogen-bond donors (Lipinski definition) is 3. The zero-order chi connectivity index (χ0) is 20.1. The summed E-state index contributed by atoms with van der Waals surface area (Å²) in [6, 6.07) is -1.98. The van der Waals surface area contributed by atoms with E-state index in [-0.39, 0.29) is 24.7 Å². The first-order chi connectivity index (χ1) is 12.2. The van der Waals surface area contributed by atoms with Crippen LogP contribution in [0, 0.1) is 5.92 Å². The maximum atomic E-state index is 12.4. The molecule has 0 aromatic heterocycles. The summed E-state index contributed by atoms with van der Waals surface area (Å²) in [5.74, 6) is -2.47. The lowest BCUT2D eigenvalue weighted by Crippen LogP contribution is -2.54. The lowest BCUT2D eigenvalue weighted by Gasteiger charge is -2.23. The Labute approximate surface area is 155 Å². The molecule has 0 aliphatic carbocycles. The number of esters is 1. The molecule has 0 fully saturated rings. The van der Waals surface area contributed by atoms with Crippen LogP contribution in [0.5, 0.6) is 0 Å². The second-order valence-corrected chi connectivity index (χ2v) is 6.71. The van der Waals surface area contributed by atoms with Gasteiger partial charge in [-0.1, -0.05) is 46.5 Å². The Balaban J connectivity index is 4.75. The van der Waals surface area contributed by atoms with E-state index in [0.717, 1.165) is 25.7 Å². The standard InChI is InChI=1S/C18H33N3O5/c1-5-6-7-8-9-10-15(23)20-13(11-14(19)22)17(24)21-16(12(2)3)18(25)26-4/h12-13,16H,5-11H2,1-4H3,(H2,19,22)(H,20,23)(H,21,24)/t13-,16+/m1/s1. The fourth-order valence-corrected chi connectivity index (χ4v) is 2.44. The highest BCUT2D eigenvalue weighted by molar-refractivity contribution is 5.93. The smallest absolute Gasteiger partial charge is 0.328 e. The number of nitrogens with one attached hydrogen (secondary N) is 2. The molecule has 0 heterocycles. The SMILES string of the molecule is CCCCCCCC(=O)N[C@H](CC(N)=O)C(=O)N[C@H](C(=O)OC)C(C)C. The summed E-state index contributed by atoms with van der Waals surface area (Å²) in [7, 11) is 1.23. The number of primary amides is 1. The number of hydrogen-bond acceptors (Lipinski definition) is 5. The van der Waals surface area contributed by atoms with Gasteiger partial charge in [0.2, 0.25) is 17.7 Å². The van der Waals surface area contributed by atoms with Gasteiger partial charge in [-0.25, -0.2) is 4.79 Å². The summed E-state index contributed by atoms with van der Waals surface area (Å²) < 4.78 is 4.67. The summed E-state index contributed by atoms with van der Waals surface area (Å²) in [6.45, 7) is 5.61. The van der Waals surface area contributed by atoms with E-state index in [4.69, 9.17) is 5.73 Å². The predicted octanol–water partition coefficient (Wildman–Crippen LogP) is 1.02. The highest BCUT2D eigenvalue weighted by Crippen LogP contribution is 2.07. The number of methoxy groups -OCH3 is 1. The predicted molar refractivity (Wildman–Crippen MR) is 97.9 cm³/mol. The molecule has 26 heavy (non-hydrogen) atoms. The minimum atomic E-state index is -1.11. The van der Waals surface area contributed by atoms with Crippen molar-refractivity contribution in [3.05, 3.63) is 0 Å². The number of carbonyl (C=O) groups is 4. The number of nitrogens with two attached hydrogens (primary N) is 1. The molecule has 0 aliphatic heterocycles. The van der Waals surface area contributed by atoms with E-state index < -0.39 is 29.9 Å². The minimum absolute atomic E-state index is 0.213. The average molecular weight is 371 g/mol. The van der Waals surface area contributed by atoms with Gasteiger partial charge < -0.3 is 21.1 Å². The Kier molecular flexibility index (Phi) is 12.1. The third kappa shape index (κ3) is 10.0. The maximum absolute atomic E-state index is 12.4. The van der Waals surface area contributed by atoms with Crippen molar-refractivity contribution >= 4 is 23.7 Å². The zero-order valence-corrected chi connectivity index (χ0v) is 16.3. The van der Waals surface area contributed by atoms with Crippen LogP contribution in [0.3, 0.4) is 0 Å². The summed E-state index contributed by atoms with van der Waals surface area (Å²) >= 11 is 0. The van der Waals surface area contributed by atoms with Crippen molar-refractivity contribution < 1.29 is 23.9 Å². The molecule has 8 heteroatoms. The Morgan fingerprint density at radius 3 is 2.12 bits per heavy atom. The summed E-state index contributed by atoms with van der Waals surface area (Å²) in [6.07, 6.45) is 4.89. The molecule has 0 saturated carbocycles. The van der Waals surface area contributed by atoms with Crippen molar-refractivity contribution in [1.29, 1.82) is 0 Å². The van der Waals surface area contributed by atoms with Crippen LogP contribution in [-0.4, -0.2) is 42.9 Å². The van der Waals surface area contributed by atoms with E-state index in [1.807, 2.05) is 0 Å². The molecule has 2 atom stereocenters. The highest BCUT2D eigenvalue weighted by atomic mass is 16.5. The first kappa shape index (κ1) is 23.9. The molecule has 0 aromatic carbocycles. The maximum Gasteiger partial charge on any atom is 0.328 e. The fraction of sp³-hybridized carbons (Fsp3) is 0.778. The summed E-state index contributed by atoms with van der Waals surface area (Å²) in [4.78, 5) is 47.5. The molecule has 0 saturated heterocycles. The van der Waals surface area contributed by atoms with Crippen molar-refractivity contribution in [3.63, 3.8) is 0 Å². The van der Waals surface area contributed by atoms with E-state index >= 15 is 0 Å². The van der Waals surface area contributed by atoms with Crippen molar-refractivity contribution in [1.82, 2.24) is 10.6 Å². The first-order valence-corrected chi connectivity index (χ1v) is 9.18. The second-order valence-electron chi connectivity index (χ2n) is 6.71. The number of unbranched alkanes of at least 4 members (excludes halogenated alkanes) is 4. The van der Waals surface area contributed by atoms with Gasteiger partial charge in [-0.2, -0.15) is 0 Å². The molecule has 0 unspecified atom stereocenters. The molecule has 0 bridgehead atoms. The molecular formula is C18H33N3O5. The molecule has 8 nitrogen and oxygen atoms in total.